The zero-order chi connectivity index (χ0) is 24.7. The van der Waals surface area contributed by atoms with Crippen LogP contribution >= 0.6 is 7.14 Å². The molecule has 0 saturated heterocycles. The molecule has 5 aromatic carbocycles. The molecule has 6 aromatic rings. The number of aromatic nitrogens is 1. The highest BCUT2D eigenvalue weighted by molar-refractivity contribution is 7.85. The zero-order valence-corrected chi connectivity index (χ0v) is 21.5. The Hall–Kier alpha value is -3.87. The Kier molecular flexibility index (Phi) is 5.63. The summed E-state index contributed by atoms with van der Waals surface area (Å²) in [4.78, 5) is 0. The van der Waals surface area contributed by atoms with Gasteiger partial charge in [-0.15, -0.1) is 0 Å². The lowest BCUT2D eigenvalue weighted by molar-refractivity contribution is 0.592. The van der Waals surface area contributed by atoms with Gasteiger partial charge >= 0.3 is 0 Å². The maximum Gasteiger partial charge on any atom is 0.171 e. The minimum atomic E-state index is -3.08. The summed E-state index contributed by atoms with van der Waals surface area (Å²) in [6.45, 7) is 4.21. The molecule has 6 rings (SSSR count). The Bertz CT molecular complexity index is 1730. The van der Waals surface area contributed by atoms with Crippen LogP contribution in [0, 0.1) is 6.92 Å². The Morgan fingerprint density at radius 2 is 1.19 bits per heavy atom. The highest BCUT2D eigenvalue weighted by Gasteiger charge is 2.30. The molecule has 0 amide bonds. The first-order chi connectivity index (χ1) is 17.6. The molecule has 0 saturated carbocycles. The average molecular weight is 486 g/mol. The molecule has 1 heterocycles. The highest BCUT2D eigenvalue weighted by atomic mass is 31.2. The van der Waals surface area contributed by atoms with E-state index in [4.69, 9.17) is 0 Å². The first-order valence-electron chi connectivity index (χ1n) is 12.5. The number of hydrogen-bond donors (Lipinski definition) is 0. The third-order valence-electron chi connectivity index (χ3n) is 7.14. The summed E-state index contributed by atoms with van der Waals surface area (Å²) in [5.41, 5.74) is 5.79. The second kappa shape index (κ2) is 8.97. The minimum Gasteiger partial charge on any atom is -0.309 e. The van der Waals surface area contributed by atoms with E-state index in [0.29, 0.717) is 0 Å². The van der Waals surface area contributed by atoms with E-state index in [1.807, 2.05) is 18.2 Å². The Morgan fingerprint density at radius 3 is 1.89 bits per heavy atom. The molecule has 1 atom stereocenters. The van der Waals surface area contributed by atoms with E-state index in [2.05, 4.69) is 122 Å². The van der Waals surface area contributed by atoms with Crippen molar-refractivity contribution < 1.29 is 4.57 Å². The normalized spacial score (nSPS) is 13.2. The molecule has 0 aliphatic heterocycles. The number of rotatable bonds is 5. The van der Waals surface area contributed by atoms with E-state index in [1.54, 1.807) is 0 Å². The van der Waals surface area contributed by atoms with Crippen molar-refractivity contribution in [1.29, 1.82) is 0 Å². The summed E-state index contributed by atoms with van der Waals surface area (Å²) < 4.78 is 17.5. The number of hydrogen-bond acceptors (Lipinski definition) is 1. The fourth-order valence-corrected chi connectivity index (χ4v) is 7.78. The van der Waals surface area contributed by atoms with Crippen LogP contribution in [0.15, 0.2) is 121 Å². The molecule has 0 N–H and O–H groups in total. The van der Waals surface area contributed by atoms with E-state index in [9.17, 15) is 0 Å². The SMILES string of the molecule is CCc1ccc(P(=O)(c2ccc(C)cc2)c2ccc3c(c2)c2ccccc2n3-c2ccccc2)cc1. The van der Waals surface area contributed by atoms with Crippen molar-refractivity contribution in [3.63, 3.8) is 0 Å². The van der Waals surface area contributed by atoms with Gasteiger partial charge in [-0.2, -0.15) is 0 Å². The van der Waals surface area contributed by atoms with E-state index in [-0.39, 0.29) is 0 Å². The molecular weight excluding hydrogens is 457 g/mol. The van der Waals surface area contributed by atoms with Crippen LogP contribution in [0.4, 0.5) is 0 Å². The monoisotopic (exact) mass is 485 g/mol. The van der Waals surface area contributed by atoms with Crippen LogP contribution in [-0.4, -0.2) is 4.57 Å². The molecule has 2 nitrogen and oxygen atoms in total. The third-order valence-corrected chi connectivity index (χ3v) is 10.2. The number of para-hydroxylation sites is 2. The van der Waals surface area contributed by atoms with Gasteiger partial charge in [-0.3, -0.25) is 0 Å². The summed E-state index contributed by atoms with van der Waals surface area (Å²) in [5.74, 6) is 0. The smallest absolute Gasteiger partial charge is 0.171 e. The summed E-state index contributed by atoms with van der Waals surface area (Å²) >= 11 is 0. The maximum atomic E-state index is 15.2. The van der Waals surface area contributed by atoms with E-state index >= 15 is 4.57 Å². The van der Waals surface area contributed by atoms with Gasteiger partial charge in [-0.1, -0.05) is 97.4 Å². The predicted octanol–water partition coefficient (Wildman–Crippen LogP) is 7.29. The first-order valence-corrected chi connectivity index (χ1v) is 14.2. The summed E-state index contributed by atoms with van der Waals surface area (Å²) in [7, 11) is -3.08. The van der Waals surface area contributed by atoms with Gasteiger partial charge in [0.05, 0.1) is 11.0 Å². The van der Waals surface area contributed by atoms with Crippen LogP contribution in [0.5, 0.6) is 0 Å². The van der Waals surface area contributed by atoms with Crippen LogP contribution in [0.3, 0.4) is 0 Å². The molecule has 0 spiro atoms. The van der Waals surface area contributed by atoms with Crippen LogP contribution < -0.4 is 15.9 Å². The number of aryl methyl sites for hydroxylation is 2. The second-order valence-corrected chi connectivity index (χ2v) is 12.1. The molecular formula is C33H28NOP. The zero-order valence-electron chi connectivity index (χ0n) is 20.6. The average Bonchev–Trinajstić information content (AvgIpc) is 3.27. The molecule has 1 aromatic heterocycles. The van der Waals surface area contributed by atoms with Crippen molar-refractivity contribution in [2.75, 3.05) is 0 Å². The molecule has 0 aliphatic carbocycles. The quantitative estimate of drug-likeness (QED) is 0.235. The Labute approximate surface area is 212 Å². The number of nitrogens with zero attached hydrogens (tertiary/aromatic N) is 1. The van der Waals surface area contributed by atoms with Crippen molar-refractivity contribution >= 4 is 44.9 Å². The predicted molar refractivity (Wildman–Crippen MR) is 154 cm³/mol. The van der Waals surface area contributed by atoms with Crippen molar-refractivity contribution in [3.8, 4) is 5.69 Å². The molecule has 0 radical (unpaired) electrons. The van der Waals surface area contributed by atoms with Gasteiger partial charge in [-0.05, 0) is 55.3 Å². The fourth-order valence-electron chi connectivity index (χ4n) is 5.16. The summed E-state index contributed by atoms with van der Waals surface area (Å²) in [5, 5.41) is 4.87. The van der Waals surface area contributed by atoms with Crippen LogP contribution in [0.2, 0.25) is 0 Å². The summed E-state index contributed by atoms with van der Waals surface area (Å²) in [6, 6.07) is 41.8. The fraction of sp³-hybridized carbons (Fsp3) is 0.0909. The molecule has 176 valence electrons. The first kappa shape index (κ1) is 22.6. The third kappa shape index (κ3) is 3.61. The second-order valence-electron chi connectivity index (χ2n) is 9.35. The van der Waals surface area contributed by atoms with E-state index in [0.717, 1.165) is 55.4 Å². The molecule has 1 unspecified atom stereocenters. The summed E-state index contributed by atoms with van der Waals surface area (Å²) in [6.07, 6.45) is 0.958. The van der Waals surface area contributed by atoms with E-state index < -0.39 is 7.14 Å². The lowest BCUT2D eigenvalue weighted by Gasteiger charge is -2.21. The van der Waals surface area contributed by atoms with Crippen molar-refractivity contribution in [2.24, 2.45) is 0 Å². The van der Waals surface area contributed by atoms with Gasteiger partial charge in [0.2, 0.25) is 0 Å². The standard InChI is InChI=1S/C33H28NOP/c1-3-25-15-19-28(20-16-25)36(35,27-17-13-24(2)14-18-27)29-21-22-33-31(23-29)30-11-7-8-12-32(30)34(33)26-9-5-4-6-10-26/h4-23H,3H2,1-2H3. The molecule has 3 heteroatoms. The van der Waals surface area contributed by atoms with Gasteiger partial charge in [0.25, 0.3) is 0 Å². The molecule has 36 heavy (non-hydrogen) atoms. The van der Waals surface area contributed by atoms with Crippen molar-refractivity contribution in [1.82, 2.24) is 4.57 Å². The lowest BCUT2D eigenvalue weighted by atomic mass is 10.1. The van der Waals surface area contributed by atoms with Crippen LogP contribution in [-0.2, 0) is 11.0 Å². The van der Waals surface area contributed by atoms with Gasteiger partial charge in [0.1, 0.15) is 0 Å². The Morgan fingerprint density at radius 1 is 0.611 bits per heavy atom. The van der Waals surface area contributed by atoms with Gasteiger partial charge in [0, 0.05) is 32.4 Å². The van der Waals surface area contributed by atoms with Crippen molar-refractivity contribution in [3.05, 3.63) is 132 Å². The number of benzene rings is 5. The maximum absolute atomic E-state index is 15.2. The van der Waals surface area contributed by atoms with Gasteiger partial charge < -0.3 is 9.13 Å². The van der Waals surface area contributed by atoms with Crippen molar-refractivity contribution in [2.45, 2.75) is 20.3 Å². The lowest BCUT2D eigenvalue weighted by Crippen LogP contribution is -2.25. The molecule has 0 bridgehead atoms. The Balaban J connectivity index is 1.64. The molecule has 0 fully saturated rings. The van der Waals surface area contributed by atoms with Gasteiger partial charge in [0.15, 0.2) is 7.14 Å². The topological polar surface area (TPSA) is 22.0 Å². The van der Waals surface area contributed by atoms with Crippen LogP contribution in [0.25, 0.3) is 27.5 Å². The largest absolute Gasteiger partial charge is 0.309 e. The van der Waals surface area contributed by atoms with Crippen LogP contribution in [0.1, 0.15) is 18.1 Å². The highest BCUT2D eigenvalue weighted by Crippen LogP contribution is 2.44. The van der Waals surface area contributed by atoms with Gasteiger partial charge in [-0.25, -0.2) is 0 Å². The minimum absolute atomic E-state index is 0.860. The molecule has 0 aliphatic rings. The number of fused-ring (bicyclic) bond motifs is 3. The van der Waals surface area contributed by atoms with E-state index in [1.165, 1.54) is 5.56 Å².